The van der Waals surface area contributed by atoms with Crippen molar-refractivity contribution in [2.75, 3.05) is 0 Å². The Bertz CT molecular complexity index is 245. The first-order valence-electron chi connectivity index (χ1n) is 8.71. The number of carbonyl (C=O) groups is 1. The van der Waals surface area contributed by atoms with Crippen LogP contribution in [-0.2, 0) is 9.22 Å². The highest BCUT2D eigenvalue weighted by Gasteiger charge is 2.43. The van der Waals surface area contributed by atoms with Crippen LogP contribution < -0.4 is 0 Å². The van der Waals surface area contributed by atoms with Crippen LogP contribution in [0.1, 0.15) is 91.9 Å². The molecule has 2 nitrogen and oxygen atoms in total. The van der Waals surface area contributed by atoms with Crippen molar-refractivity contribution in [3.05, 3.63) is 0 Å². The van der Waals surface area contributed by atoms with Gasteiger partial charge in [-0.05, 0) is 25.2 Å². The molecule has 0 aromatic rings. The molecule has 0 heterocycles. The molecule has 3 heteroatoms. The van der Waals surface area contributed by atoms with Crippen LogP contribution in [0.3, 0.4) is 0 Å². The van der Waals surface area contributed by atoms with E-state index in [-0.39, 0.29) is 11.4 Å². The first-order chi connectivity index (χ1) is 9.62. The predicted molar refractivity (Wildman–Crippen MR) is 90.8 cm³/mol. The Morgan fingerprint density at radius 3 is 1.85 bits per heavy atom. The van der Waals surface area contributed by atoms with E-state index in [1.165, 1.54) is 19.3 Å². The van der Waals surface area contributed by atoms with Gasteiger partial charge >= 0.3 is 0 Å². The topological polar surface area (TPSA) is 26.3 Å². The van der Waals surface area contributed by atoms with Crippen LogP contribution in [-0.4, -0.2) is 16.5 Å². The molecule has 0 rings (SSSR count). The zero-order valence-corrected chi connectivity index (χ0v) is 16.5. The maximum atomic E-state index is 12.6. The molecule has 0 aliphatic heterocycles. The van der Waals surface area contributed by atoms with Gasteiger partial charge in [0.15, 0.2) is 0 Å². The quantitative estimate of drug-likeness (QED) is 0.500. The van der Waals surface area contributed by atoms with Crippen molar-refractivity contribution in [3.63, 3.8) is 0 Å². The summed E-state index contributed by atoms with van der Waals surface area (Å²) in [6.07, 6.45) is 11.4. The van der Waals surface area contributed by atoms with E-state index < -0.39 is 0 Å². The lowest BCUT2D eigenvalue weighted by molar-refractivity contribution is -0.151. The van der Waals surface area contributed by atoms with Gasteiger partial charge in [-0.3, -0.25) is 4.79 Å². The molecule has 120 valence electrons. The average molecular weight is 301 g/mol. The fourth-order valence-corrected chi connectivity index (χ4v) is 3.82. The molecule has 1 unspecified atom stereocenters. The van der Waals surface area contributed by atoms with Crippen molar-refractivity contribution in [2.24, 2.45) is 11.3 Å². The van der Waals surface area contributed by atoms with E-state index in [4.69, 9.17) is 4.43 Å². The van der Waals surface area contributed by atoms with Gasteiger partial charge in [-0.1, -0.05) is 72.6 Å². The second-order valence-electron chi connectivity index (χ2n) is 6.10. The van der Waals surface area contributed by atoms with Crippen LogP contribution in [0.4, 0.5) is 0 Å². The Morgan fingerprint density at radius 1 is 1.00 bits per heavy atom. The smallest absolute Gasteiger partial charge is 0.298 e. The molecule has 0 aromatic heterocycles. The molecule has 0 fully saturated rings. The number of rotatable bonds is 12. The summed E-state index contributed by atoms with van der Waals surface area (Å²) < 4.78 is 5.37. The van der Waals surface area contributed by atoms with Gasteiger partial charge in [-0.25, -0.2) is 0 Å². The molecule has 0 saturated heterocycles. The molecule has 0 amide bonds. The van der Waals surface area contributed by atoms with Crippen molar-refractivity contribution in [2.45, 2.75) is 91.9 Å². The summed E-state index contributed by atoms with van der Waals surface area (Å²) in [5.74, 6) is 0.607. The highest BCUT2D eigenvalue weighted by molar-refractivity contribution is 6.06. The lowest BCUT2D eigenvalue weighted by Gasteiger charge is -2.39. The molecule has 0 saturated carbocycles. The van der Waals surface area contributed by atoms with Gasteiger partial charge in [0.25, 0.3) is 5.97 Å². The van der Waals surface area contributed by atoms with Crippen molar-refractivity contribution in [1.29, 1.82) is 0 Å². The molecule has 0 aliphatic carbocycles. The molecule has 20 heavy (non-hydrogen) atoms. The van der Waals surface area contributed by atoms with Crippen molar-refractivity contribution >= 4 is 16.5 Å². The van der Waals surface area contributed by atoms with E-state index >= 15 is 0 Å². The second-order valence-corrected chi connectivity index (χ2v) is 6.51. The lowest BCUT2D eigenvalue weighted by atomic mass is 9.66. The summed E-state index contributed by atoms with van der Waals surface area (Å²) in [4.78, 5) is 12.6. The molecular formula is C17H36O2Si. The third kappa shape index (κ3) is 5.59. The Labute approximate surface area is 129 Å². The number of hydrogen-bond donors (Lipinski definition) is 0. The number of carbonyl (C=O) groups excluding carboxylic acids is 1. The lowest BCUT2D eigenvalue weighted by Crippen LogP contribution is -2.40. The summed E-state index contributed by atoms with van der Waals surface area (Å²) >= 11 is 0. The molecule has 0 aromatic carbocycles. The molecule has 0 radical (unpaired) electrons. The van der Waals surface area contributed by atoms with Crippen LogP contribution in [0, 0.1) is 11.3 Å². The van der Waals surface area contributed by atoms with Crippen molar-refractivity contribution in [1.82, 2.24) is 0 Å². The van der Waals surface area contributed by atoms with E-state index in [9.17, 15) is 4.79 Å². The van der Waals surface area contributed by atoms with Gasteiger partial charge in [0.2, 0.25) is 10.5 Å². The Morgan fingerprint density at radius 2 is 1.50 bits per heavy atom. The largest absolute Gasteiger partial charge is 0.528 e. The minimum atomic E-state index is -0.197. The first kappa shape index (κ1) is 19.7. The third-order valence-corrected chi connectivity index (χ3v) is 5.10. The molecule has 0 aliphatic rings. The minimum absolute atomic E-state index is 0.106. The van der Waals surface area contributed by atoms with Crippen molar-refractivity contribution in [3.8, 4) is 0 Å². The summed E-state index contributed by atoms with van der Waals surface area (Å²) in [6.45, 7) is 8.90. The molecule has 0 N–H and O–H groups in total. The maximum Gasteiger partial charge on any atom is 0.298 e. The summed E-state index contributed by atoms with van der Waals surface area (Å²) in [6, 6.07) is 0. The number of unbranched alkanes of at least 4 members (excludes halogenated alkanes) is 3. The fourth-order valence-electron chi connectivity index (χ4n) is 3.41. The normalized spacial score (nSPS) is 13.4. The van der Waals surface area contributed by atoms with Crippen molar-refractivity contribution < 1.29 is 9.22 Å². The Kier molecular flexibility index (Phi) is 11.2. The van der Waals surface area contributed by atoms with Crippen LogP contribution in [0.25, 0.3) is 0 Å². The monoisotopic (exact) mass is 300 g/mol. The predicted octanol–water partition coefficient (Wildman–Crippen LogP) is 4.39. The van der Waals surface area contributed by atoms with Crippen LogP contribution >= 0.6 is 0 Å². The highest BCUT2D eigenvalue weighted by Crippen LogP contribution is 2.44. The van der Waals surface area contributed by atoms with E-state index in [2.05, 4.69) is 27.7 Å². The minimum Gasteiger partial charge on any atom is -0.528 e. The SMILES string of the molecule is CCCCC(CC)C(CCCC)(CCCC)C(=O)O[SiH3]. The second kappa shape index (κ2) is 11.4. The summed E-state index contributed by atoms with van der Waals surface area (Å²) in [7, 11) is 0.525. The third-order valence-electron chi connectivity index (χ3n) is 4.73. The van der Waals surface area contributed by atoms with Crippen LogP contribution in [0.5, 0.6) is 0 Å². The van der Waals surface area contributed by atoms with E-state index in [1.807, 2.05) is 0 Å². The van der Waals surface area contributed by atoms with Gasteiger partial charge in [-0.15, -0.1) is 0 Å². The van der Waals surface area contributed by atoms with Crippen LogP contribution in [0.2, 0.25) is 0 Å². The van der Waals surface area contributed by atoms with E-state index in [1.54, 1.807) is 0 Å². The zero-order valence-electron chi connectivity index (χ0n) is 14.5. The zero-order chi connectivity index (χ0) is 15.4. The van der Waals surface area contributed by atoms with Crippen LogP contribution in [0.15, 0.2) is 0 Å². The molecule has 1 atom stereocenters. The maximum absolute atomic E-state index is 12.6. The molecular weight excluding hydrogens is 264 g/mol. The number of hydrogen-bond acceptors (Lipinski definition) is 2. The first-order valence-corrected chi connectivity index (χ1v) is 9.52. The highest BCUT2D eigenvalue weighted by atomic mass is 28.2. The van der Waals surface area contributed by atoms with Gasteiger partial charge in [0.1, 0.15) is 0 Å². The van der Waals surface area contributed by atoms with Gasteiger partial charge in [0.05, 0.1) is 5.41 Å². The Hall–Kier alpha value is -0.313. The fraction of sp³-hybridized carbons (Fsp3) is 0.941. The van der Waals surface area contributed by atoms with E-state index in [0.29, 0.717) is 16.4 Å². The standard InChI is InChI=1S/C17H36O2Si/c1-5-9-12-15(8-4)17(13-10-6-2,14-11-7-3)16(18)19-20/h15H,5-14H2,1-4,20H3. The van der Waals surface area contributed by atoms with Gasteiger partial charge in [-0.2, -0.15) is 0 Å². The van der Waals surface area contributed by atoms with Gasteiger partial charge < -0.3 is 4.43 Å². The van der Waals surface area contributed by atoms with Gasteiger partial charge in [0, 0.05) is 0 Å². The molecule has 0 bridgehead atoms. The summed E-state index contributed by atoms with van der Waals surface area (Å²) in [5, 5.41) is 0. The summed E-state index contributed by atoms with van der Waals surface area (Å²) in [5.41, 5.74) is -0.197. The Balaban J connectivity index is 5.23. The van der Waals surface area contributed by atoms with E-state index in [0.717, 1.165) is 44.9 Å². The average Bonchev–Trinajstić information content (AvgIpc) is 2.48. The molecule has 0 spiro atoms.